The molecule has 0 aliphatic rings. The first-order valence-electron chi connectivity index (χ1n) is 13.9. The minimum Gasteiger partial charge on any atom is -0.497 e. The van der Waals surface area contributed by atoms with Crippen molar-refractivity contribution in [2.75, 3.05) is 23.5 Å². The Labute approximate surface area is 270 Å². The number of guanidine groups is 1. The maximum atomic E-state index is 13.4. The van der Waals surface area contributed by atoms with Crippen LogP contribution in [0.4, 0.5) is 11.4 Å². The van der Waals surface area contributed by atoms with Crippen molar-refractivity contribution < 1.29 is 41.3 Å². The Hall–Kier alpha value is -6.02. The standard InChI is InChI=1S/C33H30N4O9S/c1-20(38)25-7-5-8-27(29(25)32(41)46-47(42,43)19-18-21-10-16-24(44-2)17-11-21)37-30(39)26-6-3-4-9-28(26)45-31(40)22-12-14-23(15-13-22)36-33(34)35/h3-17H,18-19H2,1-2H3,(H,37,39)(H4,34,35,36). The molecule has 1 amide bonds. The van der Waals surface area contributed by atoms with E-state index in [0.717, 1.165) is 0 Å². The van der Waals surface area contributed by atoms with Gasteiger partial charge in [-0.15, -0.1) is 0 Å². The fourth-order valence-corrected chi connectivity index (χ4v) is 5.22. The van der Waals surface area contributed by atoms with Gasteiger partial charge < -0.3 is 30.0 Å². The van der Waals surface area contributed by atoms with Crippen molar-refractivity contribution in [2.45, 2.75) is 13.3 Å². The molecular formula is C33H30N4O9S. The largest absolute Gasteiger partial charge is 0.497 e. The average molecular weight is 659 g/mol. The number of anilines is 2. The topological polar surface area (TPSA) is 204 Å². The van der Waals surface area contributed by atoms with E-state index in [1.165, 1.54) is 80.8 Å². The molecule has 4 aromatic carbocycles. The molecule has 0 bridgehead atoms. The summed E-state index contributed by atoms with van der Waals surface area (Å²) in [5.74, 6) is -3.90. The Morgan fingerprint density at radius 2 is 1.47 bits per heavy atom. The van der Waals surface area contributed by atoms with Crippen LogP contribution in [0.15, 0.2) is 91.0 Å². The number of ketones is 1. The van der Waals surface area contributed by atoms with Crippen LogP contribution in [0.2, 0.25) is 0 Å². The highest BCUT2D eigenvalue weighted by atomic mass is 32.2. The molecule has 0 heterocycles. The van der Waals surface area contributed by atoms with Gasteiger partial charge in [-0.2, -0.15) is 8.42 Å². The number of hydrogen-bond donors (Lipinski definition) is 4. The number of carbonyl (C=O) groups is 4. The molecule has 4 aromatic rings. The van der Waals surface area contributed by atoms with E-state index in [-0.39, 0.29) is 40.5 Å². The highest BCUT2D eigenvalue weighted by molar-refractivity contribution is 7.87. The minimum atomic E-state index is -4.42. The van der Waals surface area contributed by atoms with Crippen molar-refractivity contribution in [3.05, 3.63) is 119 Å². The third-order valence-corrected chi connectivity index (χ3v) is 7.74. The summed E-state index contributed by atoms with van der Waals surface area (Å²) in [5, 5.41) is 12.4. The Kier molecular flexibility index (Phi) is 10.7. The van der Waals surface area contributed by atoms with Crippen LogP contribution in [0.1, 0.15) is 53.9 Å². The number of amides is 1. The summed E-state index contributed by atoms with van der Waals surface area (Å²) in [6.07, 6.45) is 0.0342. The molecular weight excluding hydrogens is 628 g/mol. The van der Waals surface area contributed by atoms with E-state index in [9.17, 15) is 27.6 Å². The van der Waals surface area contributed by atoms with E-state index in [4.69, 9.17) is 24.8 Å². The molecule has 0 saturated heterocycles. The molecule has 0 fully saturated rings. The van der Waals surface area contributed by atoms with Gasteiger partial charge in [-0.3, -0.25) is 15.0 Å². The van der Waals surface area contributed by atoms with Crippen LogP contribution in [-0.4, -0.2) is 50.9 Å². The van der Waals surface area contributed by atoms with Crippen LogP contribution in [0.25, 0.3) is 0 Å². The lowest BCUT2D eigenvalue weighted by Crippen LogP contribution is -2.22. The van der Waals surface area contributed by atoms with Crippen molar-refractivity contribution in [3.63, 3.8) is 0 Å². The van der Waals surface area contributed by atoms with Gasteiger partial charge in [-0.05, 0) is 73.5 Å². The molecule has 0 saturated carbocycles. The van der Waals surface area contributed by atoms with Crippen molar-refractivity contribution in [3.8, 4) is 11.5 Å². The summed E-state index contributed by atoms with van der Waals surface area (Å²) < 4.78 is 41.0. The minimum absolute atomic E-state index is 0.0342. The lowest BCUT2D eigenvalue weighted by Gasteiger charge is -2.15. The lowest BCUT2D eigenvalue weighted by molar-refractivity contribution is 0.0727. The second-order valence-electron chi connectivity index (χ2n) is 9.97. The third-order valence-electron chi connectivity index (χ3n) is 6.63. The summed E-state index contributed by atoms with van der Waals surface area (Å²) in [4.78, 5) is 52.0. The van der Waals surface area contributed by atoms with Crippen LogP contribution in [0, 0.1) is 5.41 Å². The van der Waals surface area contributed by atoms with Crippen molar-refractivity contribution in [2.24, 2.45) is 5.73 Å². The molecule has 13 nitrogen and oxygen atoms in total. The molecule has 242 valence electrons. The zero-order valence-corrected chi connectivity index (χ0v) is 26.1. The first-order chi connectivity index (χ1) is 22.4. The van der Waals surface area contributed by atoms with Crippen LogP contribution < -0.4 is 25.8 Å². The zero-order chi connectivity index (χ0) is 34.1. The Morgan fingerprint density at radius 3 is 2.11 bits per heavy atom. The van der Waals surface area contributed by atoms with Gasteiger partial charge in [-0.1, -0.05) is 36.4 Å². The van der Waals surface area contributed by atoms with Gasteiger partial charge in [0.15, 0.2) is 11.7 Å². The third kappa shape index (κ3) is 9.02. The monoisotopic (exact) mass is 658 g/mol. The summed E-state index contributed by atoms with van der Waals surface area (Å²) in [6.45, 7) is 1.17. The molecule has 0 atom stereocenters. The number of rotatable bonds is 12. The van der Waals surface area contributed by atoms with E-state index in [1.807, 2.05) is 0 Å². The van der Waals surface area contributed by atoms with E-state index in [1.54, 1.807) is 24.3 Å². The van der Waals surface area contributed by atoms with Gasteiger partial charge in [-0.25, -0.2) is 9.59 Å². The Bertz CT molecular complexity index is 1940. The summed E-state index contributed by atoms with van der Waals surface area (Å²) >= 11 is 0. The second-order valence-corrected chi connectivity index (χ2v) is 11.7. The number of nitrogens with one attached hydrogen (secondary N) is 3. The first-order valence-corrected chi connectivity index (χ1v) is 15.5. The normalized spacial score (nSPS) is 10.8. The van der Waals surface area contributed by atoms with Crippen LogP contribution in [-0.2, 0) is 20.7 Å². The van der Waals surface area contributed by atoms with Gasteiger partial charge in [0.2, 0.25) is 0 Å². The number of aryl methyl sites for hydroxylation is 1. The maximum Gasteiger partial charge on any atom is 0.356 e. The van der Waals surface area contributed by atoms with Crippen molar-refractivity contribution in [1.82, 2.24) is 0 Å². The van der Waals surface area contributed by atoms with E-state index >= 15 is 0 Å². The average Bonchev–Trinajstić information content (AvgIpc) is 3.04. The Balaban J connectivity index is 1.53. The van der Waals surface area contributed by atoms with Gasteiger partial charge in [0.1, 0.15) is 11.5 Å². The molecule has 5 N–H and O–H groups in total. The van der Waals surface area contributed by atoms with E-state index in [2.05, 4.69) is 10.6 Å². The zero-order valence-electron chi connectivity index (χ0n) is 25.2. The first kappa shape index (κ1) is 33.9. The SMILES string of the molecule is COc1ccc(CCS(=O)(=O)OC(=O)c2c(NC(=O)c3ccccc3OC(=O)c3ccc(NC(=N)N)cc3)cccc2C(C)=O)cc1. The molecule has 4 rings (SSSR count). The number of hydrogen-bond acceptors (Lipinski definition) is 10. The highest BCUT2D eigenvalue weighted by Crippen LogP contribution is 2.26. The molecule has 0 aliphatic heterocycles. The predicted molar refractivity (Wildman–Crippen MR) is 174 cm³/mol. The van der Waals surface area contributed by atoms with Gasteiger partial charge in [0.25, 0.3) is 5.91 Å². The molecule has 0 spiro atoms. The van der Waals surface area contributed by atoms with E-state index in [0.29, 0.717) is 17.0 Å². The van der Waals surface area contributed by atoms with Gasteiger partial charge in [0, 0.05) is 11.3 Å². The molecule has 0 aromatic heterocycles. The van der Waals surface area contributed by atoms with Crippen LogP contribution in [0.5, 0.6) is 11.5 Å². The summed E-state index contributed by atoms with van der Waals surface area (Å²) in [7, 11) is -2.92. The van der Waals surface area contributed by atoms with Crippen LogP contribution in [0.3, 0.4) is 0 Å². The number of nitrogens with two attached hydrogens (primary N) is 1. The lowest BCUT2D eigenvalue weighted by atomic mass is 10.0. The number of ether oxygens (including phenoxy) is 2. The quantitative estimate of drug-likeness (QED) is 0.0419. The van der Waals surface area contributed by atoms with Crippen LogP contribution >= 0.6 is 0 Å². The number of carbonyl (C=O) groups excluding carboxylic acids is 4. The molecule has 14 heteroatoms. The van der Waals surface area contributed by atoms with Crippen molar-refractivity contribution in [1.29, 1.82) is 5.41 Å². The van der Waals surface area contributed by atoms with E-state index < -0.39 is 45.1 Å². The number of methoxy groups -OCH3 is 1. The number of Topliss-reactive ketones (excluding diaryl/α,β-unsaturated/α-hetero) is 1. The molecule has 0 aliphatic carbocycles. The number of benzene rings is 4. The molecule has 0 radical (unpaired) electrons. The fraction of sp³-hybridized carbons (Fsp3) is 0.121. The highest BCUT2D eigenvalue weighted by Gasteiger charge is 2.27. The Morgan fingerprint density at radius 1 is 0.809 bits per heavy atom. The fourth-order valence-electron chi connectivity index (χ4n) is 4.34. The van der Waals surface area contributed by atoms with Gasteiger partial charge >= 0.3 is 22.1 Å². The second kappa shape index (κ2) is 14.8. The number of esters is 1. The molecule has 0 unspecified atom stereocenters. The predicted octanol–water partition coefficient (Wildman–Crippen LogP) is 4.40. The van der Waals surface area contributed by atoms with Gasteiger partial charge in [0.05, 0.1) is 35.2 Å². The van der Waals surface area contributed by atoms with Crippen molar-refractivity contribution >= 4 is 51.1 Å². The summed E-state index contributed by atoms with van der Waals surface area (Å²) in [6, 6.07) is 22.4. The molecule has 47 heavy (non-hydrogen) atoms. The summed E-state index contributed by atoms with van der Waals surface area (Å²) in [5.41, 5.74) is 5.64. The maximum absolute atomic E-state index is 13.4. The smallest absolute Gasteiger partial charge is 0.356 e. The number of para-hydroxylation sites is 1.